The summed E-state index contributed by atoms with van der Waals surface area (Å²) in [4.78, 5) is 13.8. The van der Waals surface area contributed by atoms with Crippen LogP contribution in [0.5, 0.6) is 0 Å². The van der Waals surface area contributed by atoms with E-state index in [1.165, 1.54) is 13.8 Å². The van der Waals surface area contributed by atoms with Gasteiger partial charge in [0, 0.05) is 18.8 Å². The average Bonchev–Trinajstić information content (AvgIpc) is 3.77. The molecule has 0 aromatic heterocycles. The van der Waals surface area contributed by atoms with Gasteiger partial charge in [0.05, 0.1) is 38.1 Å². The second-order valence-corrected chi connectivity index (χ2v) is 20.5. The summed E-state index contributed by atoms with van der Waals surface area (Å²) in [6.07, 6.45) is -8.96. The minimum absolute atomic E-state index is 0.0312. The van der Waals surface area contributed by atoms with Gasteiger partial charge in [0.25, 0.3) is 0 Å². The Morgan fingerprint density at radius 2 is 1.43 bits per heavy atom. The summed E-state index contributed by atoms with van der Waals surface area (Å²) in [7, 11) is 0. The lowest BCUT2D eigenvalue weighted by Crippen LogP contribution is -2.64. The topological polar surface area (TPSA) is 277 Å². The van der Waals surface area contributed by atoms with Crippen molar-refractivity contribution < 1.29 is 79.9 Å². The van der Waals surface area contributed by atoms with Crippen molar-refractivity contribution in [2.75, 3.05) is 26.4 Å². The van der Waals surface area contributed by atoms with E-state index in [9.17, 15) is 61.0 Å². The Hall–Kier alpha value is -0.930. The van der Waals surface area contributed by atoms with Crippen molar-refractivity contribution in [3.63, 3.8) is 0 Å². The highest BCUT2D eigenvalue weighted by molar-refractivity contribution is 5.83. The van der Waals surface area contributed by atoms with Gasteiger partial charge in [-0.05, 0) is 111 Å². The monoisotopic (exact) mass is 830 g/mol. The minimum Gasteiger partial charge on any atom is -0.394 e. The van der Waals surface area contributed by atoms with Crippen LogP contribution in [0.3, 0.4) is 0 Å². The number of rotatable bonds is 13. The molecule has 334 valence electrons. The van der Waals surface area contributed by atoms with E-state index >= 15 is 0 Å². The predicted molar refractivity (Wildman–Crippen MR) is 202 cm³/mol. The highest BCUT2D eigenvalue weighted by Gasteiger charge is 2.81. The molecule has 16 heteroatoms. The third kappa shape index (κ3) is 6.70. The summed E-state index contributed by atoms with van der Waals surface area (Å²) in [5.41, 5.74) is -3.58. The first-order chi connectivity index (χ1) is 27.1. The van der Waals surface area contributed by atoms with Crippen molar-refractivity contribution in [2.45, 2.75) is 178 Å². The van der Waals surface area contributed by atoms with Crippen LogP contribution in [-0.2, 0) is 23.7 Å². The molecule has 0 amide bonds. The van der Waals surface area contributed by atoms with Crippen LogP contribution in [0, 0.1) is 51.2 Å². The van der Waals surface area contributed by atoms with Crippen LogP contribution in [0.2, 0.25) is 0 Å². The first kappa shape index (κ1) is 45.1. The maximum atomic E-state index is 13.8. The molecule has 5 aliphatic carbocycles. The SMILES string of the molecule is C[C@H](C(O)CC(O)(CO)C(C)(C)O)[C@H]1CC[C@@]2(C)[C@@H]3CC[C@H]4[C@H](CO[C@@H]5O[C@H](CO)[C@@H](O)[C@H](O)[C@H]5O[C@@H]5O[C@H](CO)[C@@H](O)[C@H](O)[C@H]5O)C(=O)CC[C@@]45C[C@@]35CC[C@]12C. The zero-order valence-corrected chi connectivity index (χ0v) is 34.6. The summed E-state index contributed by atoms with van der Waals surface area (Å²) < 4.78 is 23.5. The lowest BCUT2D eigenvalue weighted by atomic mass is 9.43. The van der Waals surface area contributed by atoms with Crippen molar-refractivity contribution >= 4 is 5.78 Å². The fourth-order valence-corrected chi connectivity index (χ4v) is 13.9. The highest BCUT2D eigenvalue weighted by Crippen LogP contribution is 2.88. The molecule has 7 rings (SSSR count). The molecular formula is C42H70O16. The Bertz CT molecular complexity index is 1490. The predicted octanol–water partition coefficient (Wildman–Crippen LogP) is -0.893. The average molecular weight is 831 g/mol. The highest BCUT2D eigenvalue weighted by atomic mass is 16.8. The van der Waals surface area contributed by atoms with Gasteiger partial charge in [-0.25, -0.2) is 0 Å². The largest absolute Gasteiger partial charge is 0.394 e. The summed E-state index contributed by atoms with van der Waals surface area (Å²) in [5, 5.41) is 116. The second kappa shape index (κ2) is 15.7. The number of hydrogen-bond donors (Lipinski definition) is 11. The van der Waals surface area contributed by atoms with Gasteiger partial charge in [-0.15, -0.1) is 0 Å². The molecule has 16 nitrogen and oxygen atoms in total. The van der Waals surface area contributed by atoms with E-state index in [1.807, 2.05) is 6.92 Å². The van der Waals surface area contributed by atoms with Crippen molar-refractivity contribution in [1.29, 1.82) is 0 Å². The molecule has 2 unspecified atom stereocenters. The standard InChI is InChI=1S/C42H70O16/c1-20(25(47)14-42(54,19-45)37(2,3)53)22-8-10-39(5)28-7-6-23-21(24(46)9-11-40(23)18-41(28,40)13-12-38(22,39)4)17-55-36-34(32(51)30(49)27(16-44)57-36)58-35-33(52)31(50)29(48)26(15-43)56-35/h20-23,25-36,43-45,47-54H,6-19H2,1-5H3/t20-,21-,22+,23-,25?,26+,27+,28-,29+,30+,31-,32-,33+,34+,35-,36+,38+,39-,40+,41-,42?/m0/s1. The zero-order chi connectivity index (χ0) is 42.5. The fraction of sp³-hybridized carbons (Fsp3) is 0.976. The smallest absolute Gasteiger partial charge is 0.187 e. The number of hydrogen-bond acceptors (Lipinski definition) is 16. The second-order valence-electron chi connectivity index (χ2n) is 20.5. The van der Waals surface area contributed by atoms with Crippen LogP contribution in [0.4, 0.5) is 0 Å². The molecule has 0 bridgehead atoms. The number of ketones is 1. The van der Waals surface area contributed by atoms with Gasteiger partial charge in [-0.3, -0.25) is 4.79 Å². The Morgan fingerprint density at radius 3 is 2.05 bits per heavy atom. The van der Waals surface area contributed by atoms with Crippen molar-refractivity contribution in [2.24, 2.45) is 51.2 Å². The van der Waals surface area contributed by atoms with Gasteiger partial charge in [0.2, 0.25) is 0 Å². The Labute approximate surface area is 340 Å². The van der Waals surface area contributed by atoms with E-state index in [0.717, 1.165) is 51.4 Å². The molecule has 0 aromatic rings. The summed E-state index contributed by atoms with van der Waals surface area (Å²) in [5.74, 6) is 0.00997. The molecule has 11 N–H and O–H groups in total. The molecule has 21 atom stereocenters. The Kier molecular flexibility index (Phi) is 12.2. The summed E-state index contributed by atoms with van der Waals surface area (Å²) in [6.45, 7) is 7.59. The van der Waals surface area contributed by atoms with Crippen LogP contribution in [0.1, 0.15) is 98.8 Å². The van der Waals surface area contributed by atoms with E-state index < -0.39 is 104 Å². The molecule has 5 saturated carbocycles. The third-order valence-corrected chi connectivity index (χ3v) is 17.9. The molecule has 7 aliphatic rings. The summed E-state index contributed by atoms with van der Waals surface area (Å²) in [6, 6.07) is 0. The van der Waals surface area contributed by atoms with Crippen LogP contribution in [-0.4, -0.2) is 167 Å². The molecule has 0 aromatic carbocycles. The fourth-order valence-electron chi connectivity index (χ4n) is 13.9. The van der Waals surface area contributed by atoms with E-state index in [-0.39, 0.29) is 58.2 Å². The number of Topliss-reactive ketones (excluding diaryl/α,β-unsaturated/α-hetero) is 1. The zero-order valence-electron chi connectivity index (χ0n) is 34.6. The number of fused-ring (bicyclic) bond motifs is 2. The molecular weight excluding hydrogens is 760 g/mol. The Morgan fingerprint density at radius 1 is 0.793 bits per heavy atom. The molecule has 2 saturated heterocycles. The van der Waals surface area contributed by atoms with Gasteiger partial charge in [-0.2, -0.15) is 0 Å². The van der Waals surface area contributed by atoms with Gasteiger partial charge < -0.3 is 75.1 Å². The maximum absolute atomic E-state index is 13.8. The number of carbonyl (C=O) groups excluding carboxylic acids is 1. The van der Waals surface area contributed by atoms with Gasteiger partial charge in [-0.1, -0.05) is 20.8 Å². The first-order valence-electron chi connectivity index (χ1n) is 21.6. The van der Waals surface area contributed by atoms with Crippen LogP contribution in [0.15, 0.2) is 0 Å². The molecule has 0 radical (unpaired) electrons. The van der Waals surface area contributed by atoms with Gasteiger partial charge in [0.1, 0.15) is 60.2 Å². The van der Waals surface area contributed by atoms with Gasteiger partial charge in [0.15, 0.2) is 12.6 Å². The Balaban J connectivity index is 1.07. The number of carbonyl (C=O) groups is 1. The molecule has 2 spiro atoms. The van der Waals surface area contributed by atoms with E-state index in [0.29, 0.717) is 12.3 Å². The van der Waals surface area contributed by atoms with Crippen LogP contribution < -0.4 is 0 Å². The van der Waals surface area contributed by atoms with Crippen molar-refractivity contribution in [3.8, 4) is 0 Å². The lowest BCUT2D eigenvalue weighted by molar-refractivity contribution is -0.368. The summed E-state index contributed by atoms with van der Waals surface area (Å²) >= 11 is 0. The van der Waals surface area contributed by atoms with Gasteiger partial charge >= 0.3 is 0 Å². The quantitative estimate of drug-likeness (QED) is 0.107. The van der Waals surface area contributed by atoms with E-state index in [2.05, 4.69) is 13.8 Å². The molecule has 7 fully saturated rings. The lowest BCUT2D eigenvalue weighted by Gasteiger charge is -2.62. The van der Waals surface area contributed by atoms with E-state index in [1.54, 1.807) is 0 Å². The molecule has 2 aliphatic heterocycles. The number of aliphatic hydroxyl groups is 11. The molecule has 2 heterocycles. The maximum Gasteiger partial charge on any atom is 0.187 e. The van der Waals surface area contributed by atoms with Crippen LogP contribution in [0.25, 0.3) is 0 Å². The normalized spacial score (nSPS) is 51.1. The van der Waals surface area contributed by atoms with E-state index in [4.69, 9.17) is 18.9 Å². The minimum atomic E-state index is -1.85. The van der Waals surface area contributed by atoms with Crippen molar-refractivity contribution in [3.05, 3.63) is 0 Å². The third-order valence-electron chi connectivity index (χ3n) is 17.9. The first-order valence-corrected chi connectivity index (χ1v) is 21.6. The molecule has 58 heavy (non-hydrogen) atoms. The van der Waals surface area contributed by atoms with Crippen molar-refractivity contribution in [1.82, 2.24) is 0 Å². The van der Waals surface area contributed by atoms with Crippen LogP contribution >= 0.6 is 0 Å². The number of ether oxygens (including phenoxy) is 4. The number of aliphatic hydroxyl groups excluding tert-OH is 9.